The zero-order chi connectivity index (χ0) is 15.4. The Bertz CT molecular complexity index is 682. The van der Waals surface area contributed by atoms with Crippen LogP contribution in [0.4, 0.5) is 5.00 Å². The molecule has 2 aromatic heterocycles. The number of thiophene rings is 1. The van der Waals surface area contributed by atoms with Crippen LogP contribution < -0.4 is 5.32 Å². The first kappa shape index (κ1) is 15.2. The molecule has 0 aliphatic heterocycles. The lowest BCUT2D eigenvalue weighted by Gasteiger charge is -2.15. The fourth-order valence-electron chi connectivity index (χ4n) is 1.95. The van der Waals surface area contributed by atoms with Gasteiger partial charge in [-0.25, -0.2) is 0 Å². The van der Waals surface area contributed by atoms with E-state index in [1.165, 1.54) is 11.3 Å². The molecule has 1 amide bonds. The van der Waals surface area contributed by atoms with Crippen LogP contribution in [-0.4, -0.2) is 34.2 Å². The van der Waals surface area contributed by atoms with E-state index in [0.29, 0.717) is 17.1 Å². The molecular weight excluding hydrogens is 286 g/mol. The second kappa shape index (κ2) is 6.52. The number of aryl methyl sites for hydroxylation is 1. The molecule has 0 radical (unpaired) electrons. The summed E-state index contributed by atoms with van der Waals surface area (Å²) >= 11 is 1.35. The first-order chi connectivity index (χ1) is 10.0. The summed E-state index contributed by atoms with van der Waals surface area (Å²) in [4.78, 5) is 13.9. The Morgan fingerprint density at radius 2 is 2.38 bits per heavy atom. The maximum absolute atomic E-state index is 12.0. The number of anilines is 1. The Hall–Kier alpha value is -2.17. The summed E-state index contributed by atoms with van der Waals surface area (Å²) in [7, 11) is 3.78. The number of nitrogens with one attached hydrogen (secondary N) is 1. The summed E-state index contributed by atoms with van der Waals surface area (Å²) in [5, 5.41) is 18.3. The van der Waals surface area contributed by atoms with Crippen LogP contribution in [0.2, 0.25) is 0 Å². The van der Waals surface area contributed by atoms with Gasteiger partial charge in [-0.1, -0.05) is 0 Å². The van der Waals surface area contributed by atoms with Gasteiger partial charge in [-0.3, -0.25) is 14.4 Å². The van der Waals surface area contributed by atoms with E-state index < -0.39 is 0 Å². The molecule has 0 aromatic carbocycles. The highest BCUT2D eigenvalue weighted by Gasteiger charge is 2.12. The minimum atomic E-state index is -0.127. The second-order valence-corrected chi connectivity index (χ2v) is 5.79. The third-order valence-corrected chi connectivity index (χ3v) is 4.06. The third kappa shape index (κ3) is 3.68. The van der Waals surface area contributed by atoms with Crippen molar-refractivity contribution in [1.82, 2.24) is 14.7 Å². The molecule has 0 fully saturated rings. The van der Waals surface area contributed by atoms with Gasteiger partial charge < -0.3 is 5.32 Å². The lowest BCUT2D eigenvalue weighted by atomic mass is 10.2. The van der Waals surface area contributed by atoms with Gasteiger partial charge in [0.15, 0.2) is 0 Å². The summed E-state index contributed by atoms with van der Waals surface area (Å²) in [6, 6.07) is 3.75. The first-order valence-corrected chi connectivity index (χ1v) is 7.32. The molecule has 0 atom stereocenters. The van der Waals surface area contributed by atoms with Crippen molar-refractivity contribution in [2.45, 2.75) is 13.5 Å². The fraction of sp³-hybridized carbons (Fsp3) is 0.357. The van der Waals surface area contributed by atoms with Gasteiger partial charge in [-0.15, -0.1) is 11.3 Å². The highest BCUT2D eigenvalue weighted by Crippen LogP contribution is 2.21. The van der Waals surface area contributed by atoms with E-state index in [-0.39, 0.29) is 12.5 Å². The van der Waals surface area contributed by atoms with E-state index in [1.54, 1.807) is 11.4 Å². The molecule has 0 saturated heterocycles. The third-order valence-electron chi connectivity index (χ3n) is 3.23. The van der Waals surface area contributed by atoms with Gasteiger partial charge in [0.25, 0.3) is 0 Å². The van der Waals surface area contributed by atoms with Crippen molar-refractivity contribution >= 4 is 22.2 Å². The van der Waals surface area contributed by atoms with Crippen LogP contribution in [0.3, 0.4) is 0 Å². The smallest absolute Gasteiger partial charge is 0.239 e. The SMILES string of the molecule is Cc1c(CN(C)CC(=O)Nc2sccc2C#N)cnn1C. The Kier molecular flexibility index (Phi) is 4.73. The van der Waals surface area contributed by atoms with Crippen LogP contribution >= 0.6 is 11.3 Å². The predicted molar refractivity (Wildman–Crippen MR) is 81.9 cm³/mol. The topological polar surface area (TPSA) is 74.0 Å². The van der Waals surface area contributed by atoms with Crippen LogP contribution in [0.15, 0.2) is 17.6 Å². The van der Waals surface area contributed by atoms with Gasteiger partial charge in [-0.05, 0) is 25.4 Å². The Morgan fingerprint density at radius 1 is 1.62 bits per heavy atom. The van der Waals surface area contributed by atoms with Gasteiger partial charge in [0.1, 0.15) is 11.1 Å². The minimum Gasteiger partial charge on any atom is -0.315 e. The lowest BCUT2D eigenvalue weighted by molar-refractivity contribution is -0.117. The van der Waals surface area contributed by atoms with Gasteiger partial charge in [-0.2, -0.15) is 10.4 Å². The van der Waals surface area contributed by atoms with Crippen molar-refractivity contribution in [3.05, 3.63) is 34.5 Å². The van der Waals surface area contributed by atoms with Crippen LogP contribution in [0, 0.1) is 18.3 Å². The quantitative estimate of drug-likeness (QED) is 0.913. The summed E-state index contributed by atoms with van der Waals surface area (Å²) in [6.07, 6.45) is 1.82. The van der Waals surface area contributed by atoms with Crippen molar-refractivity contribution in [2.75, 3.05) is 18.9 Å². The van der Waals surface area contributed by atoms with Gasteiger partial charge in [0, 0.05) is 24.8 Å². The molecule has 2 rings (SSSR count). The summed E-state index contributed by atoms with van der Waals surface area (Å²) in [5.74, 6) is -0.127. The van der Waals surface area contributed by atoms with E-state index >= 15 is 0 Å². The number of carbonyl (C=O) groups excluding carboxylic acids is 1. The molecule has 0 bridgehead atoms. The summed E-state index contributed by atoms with van der Waals surface area (Å²) in [5.41, 5.74) is 2.69. The number of carbonyl (C=O) groups is 1. The molecule has 110 valence electrons. The second-order valence-electron chi connectivity index (χ2n) is 4.87. The predicted octanol–water partition coefficient (Wildman–Crippen LogP) is 1.73. The van der Waals surface area contributed by atoms with Crippen molar-refractivity contribution in [3.63, 3.8) is 0 Å². The number of likely N-dealkylation sites (N-methyl/N-ethyl adjacent to an activating group) is 1. The zero-order valence-electron chi connectivity index (χ0n) is 12.3. The normalized spacial score (nSPS) is 10.6. The Balaban J connectivity index is 1.91. The summed E-state index contributed by atoms with van der Waals surface area (Å²) < 4.78 is 1.81. The standard InChI is InChI=1S/C14H17N5OS/c1-10-12(7-16-19(10)3)8-18(2)9-13(20)17-14-11(6-15)4-5-21-14/h4-5,7H,8-9H2,1-3H3,(H,17,20). The van der Waals surface area contributed by atoms with Crippen LogP contribution in [0.1, 0.15) is 16.8 Å². The lowest BCUT2D eigenvalue weighted by Crippen LogP contribution is -2.29. The van der Waals surface area contributed by atoms with E-state index in [0.717, 1.165) is 11.3 Å². The number of rotatable bonds is 5. The van der Waals surface area contributed by atoms with Crippen molar-refractivity contribution in [2.24, 2.45) is 7.05 Å². The van der Waals surface area contributed by atoms with Gasteiger partial charge in [0.2, 0.25) is 5.91 Å². The van der Waals surface area contributed by atoms with Crippen molar-refractivity contribution in [3.8, 4) is 6.07 Å². The number of aromatic nitrogens is 2. The fourth-order valence-corrected chi connectivity index (χ4v) is 2.71. The summed E-state index contributed by atoms with van der Waals surface area (Å²) in [6.45, 7) is 2.92. The largest absolute Gasteiger partial charge is 0.315 e. The number of nitrogens with zero attached hydrogens (tertiary/aromatic N) is 4. The number of hydrogen-bond donors (Lipinski definition) is 1. The number of amides is 1. The first-order valence-electron chi connectivity index (χ1n) is 6.44. The molecule has 2 heterocycles. The molecule has 0 aliphatic carbocycles. The monoisotopic (exact) mass is 303 g/mol. The van der Waals surface area contributed by atoms with Crippen LogP contribution in [0.25, 0.3) is 0 Å². The maximum Gasteiger partial charge on any atom is 0.239 e. The molecule has 0 aliphatic rings. The molecule has 0 spiro atoms. The highest BCUT2D eigenvalue weighted by molar-refractivity contribution is 7.14. The molecule has 6 nitrogen and oxygen atoms in total. The molecule has 0 unspecified atom stereocenters. The Labute approximate surface area is 127 Å². The average molecular weight is 303 g/mol. The van der Waals surface area contributed by atoms with Crippen LogP contribution in [-0.2, 0) is 18.4 Å². The van der Waals surface area contributed by atoms with E-state index in [4.69, 9.17) is 5.26 Å². The Morgan fingerprint density at radius 3 is 3.00 bits per heavy atom. The molecule has 0 saturated carbocycles. The van der Waals surface area contributed by atoms with Gasteiger partial charge in [0.05, 0.1) is 18.3 Å². The molecule has 21 heavy (non-hydrogen) atoms. The van der Waals surface area contributed by atoms with E-state index in [2.05, 4.69) is 16.5 Å². The van der Waals surface area contributed by atoms with Crippen molar-refractivity contribution in [1.29, 1.82) is 5.26 Å². The molecule has 2 aromatic rings. The molecule has 1 N–H and O–H groups in total. The number of hydrogen-bond acceptors (Lipinski definition) is 5. The number of nitriles is 1. The van der Waals surface area contributed by atoms with E-state index in [9.17, 15) is 4.79 Å². The maximum atomic E-state index is 12.0. The van der Waals surface area contributed by atoms with Crippen LogP contribution in [0.5, 0.6) is 0 Å². The van der Waals surface area contributed by atoms with Crippen molar-refractivity contribution < 1.29 is 4.79 Å². The minimum absolute atomic E-state index is 0.127. The van der Waals surface area contributed by atoms with Gasteiger partial charge >= 0.3 is 0 Å². The van der Waals surface area contributed by atoms with E-state index in [1.807, 2.05) is 36.8 Å². The molecular formula is C14H17N5OS. The highest BCUT2D eigenvalue weighted by atomic mass is 32.1. The molecule has 7 heteroatoms. The zero-order valence-corrected chi connectivity index (χ0v) is 13.1. The average Bonchev–Trinajstić information content (AvgIpc) is 3.00.